The zero-order valence-electron chi connectivity index (χ0n) is 13.2. The third kappa shape index (κ3) is 2.25. The molecule has 0 saturated carbocycles. The summed E-state index contributed by atoms with van der Waals surface area (Å²) in [4.78, 5) is 2.38. The fourth-order valence-corrected chi connectivity index (χ4v) is 3.71. The van der Waals surface area contributed by atoms with E-state index in [4.69, 9.17) is 0 Å². The van der Waals surface area contributed by atoms with E-state index in [9.17, 15) is 0 Å². The minimum atomic E-state index is 0. The highest BCUT2D eigenvalue weighted by Gasteiger charge is 2.26. The van der Waals surface area contributed by atoms with Gasteiger partial charge in [0, 0.05) is 29.7 Å². The second kappa shape index (κ2) is 5.42. The SMILES string of the molecule is Cc1cc(C)c2c3c(n(C)c2c1)CCC(N(C)C)C3.Cl. The lowest BCUT2D eigenvalue weighted by atomic mass is 9.89. The van der Waals surface area contributed by atoms with Gasteiger partial charge in [-0.2, -0.15) is 0 Å². The predicted octanol–water partition coefficient (Wildman–Crippen LogP) is 3.64. The highest BCUT2D eigenvalue weighted by Crippen LogP contribution is 2.34. The van der Waals surface area contributed by atoms with E-state index in [1.54, 1.807) is 11.3 Å². The summed E-state index contributed by atoms with van der Waals surface area (Å²) in [6, 6.07) is 5.35. The summed E-state index contributed by atoms with van der Waals surface area (Å²) in [7, 11) is 6.64. The van der Waals surface area contributed by atoms with E-state index >= 15 is 0 Å². The molecule has 1 unspecified atom stereocenters. The van der Waals surface area contributed by atoms with E-state index in [1.165, 1.54) is 41.3 Å². The summed E-state index contributed by atoms with van der Waals surface area (Å²) >= 11 is 0. The van der Waals surface area contributed by atoms with E-state index in [0.29, 0.717) is 6.04 Å². The van der Waals surface area contributed by atoms with Gasteiger partial charge in [0.25, 0.3) is 0 Å². The molecule has 0 spiro atoms. The van der Waals surface area contributed by atoms with Crippen LogP contribution in [0.5, 0.6) is 0 Å². The summed E-state index contributed by atoms with van der Waals surface area (Å²) in [5.74, 6) is 0. The van der Waals surface area contributed by atoms with E-state index in [-0.39, 0.29) is 12.4 Å². The van der Waals surface area contributed by atoms with Crippen molar-refractivity contribution in [2.24, 2.45) is 7.05 Å². The van der Waals surface area contributed by atoms with Gasteiger partial charge >= 0.3 is 0 Å². The summed E-state index contributed by atoms with van der Waals surface area (Å²) < 4.78 is 2.43. The third-order valence-electron chi connectivity index (χ3n) is 4.76. The standard InChI is InChI=1S/C17H24N2.ClH/c1-11-8-12(2)17-14-10-13(18(3)4)6-7-15(14)19(5)16(17)9-11;/h8-9,13H,6-7,10H2,1-5H3;1H. The van der Waals surface area contributed by atoms with Gasteiger partial charge in [-0.3, -0.25) is 0 Å². The van der Waals surface area contributed by atoms with Crippen LogP contribution in [0, 0.1) is 13.8 Å². The van der Waals surface area contributed by atoms with Gasteiger partial charge < -0.3 is 9.47 Å². The van der Waals surface area contributed by atoms with E-state index in [0.717, 1.165) is 0 Å². The van der Waals surface area contributed by atoms with Gasteiger partial charge in [0.05, 0.1) is 0 Å². The molecule has 110 valence electrons. The van der Waals surface area contributed by atoms with Crippen LogP contribution in [0.4, 0.5) is 0 Å². The van der Waals surface area contributed by atoms with Crippen molar-refractivity contribution in [1.82, 2.24) is 9.47 Å². The number of halogens is 1. The van der Waals surface area contributed by atoms with Crippen molar-refractivity contribution in [2.75, 3.05) is 14.1 Å². The molecule has 0 bridgehead atoms. The monoisotopic (exact) mass is 292 g/mol. The molecule has 2 nitrogen and oxygen atoms in total. The lowest BCUT2D eigenvalue weighted by molar-refractivity contribution is 0.267. The molecule has 1 aliphatic rings. The number of nitrogens with zero attached hydrogens (tertiary/aromatic N) is 2. The summed E-state index contributed by atoms with van der Waals surface area (Å²) in [5, 5.41) is 1.51. The number of fused-ring (bicyclic) bond motifs is 3. The maximum absolute atomic E-state index is 2.43. The molecule has 1 aromatic carbocycles. The molecule has 0 saturated heterocycles. The number of aryl methyl sites for hydroxylation is 3. The Balaban J connectivity index is 0.00000147. The summed E-state index contributed by atoms with van der Waals surface area (Å²) in [5.41, 5.74) is 7.38. The second-order valence-electron chi connectivity index (χ2n) is 6.32. The lowest BCUT2D eigenvalue weighted by Crippen LogP contribution is -2.33. The van der Waals surface area contributed by atoms with Gasteiger partial charge in [-0.25, -0.2) is 0 Å². The van der Waals surface area contributed by atoms with Gasteiger partial charge in [0.2, 0.25) is 0 Å². The average Bonchev–Trinajstić information content (AvgIpc) is 2.62. The van der Waals surface area contributed by atoms with Gasteiger partial charge in [-0.15, -0.1) is 12.4 Å². The molecule has 1 atom stereocenters. The van der Waals surface area contributed by atoms with Crippen LogP contribution in [-0.4, -0.2) is 29.6 Å². The predicted molar refractivity (Wildman–Crippen MR) is 89.1 cm³/mol. The quantitative estimate of drug-likeness (QED) is 0.779. The second-order valence-corrected chi connectivity index (χ2v) is 6.32. The molecule has 3 rings (SSSR count). The Hall–Kier alpha value is -0.990. The minimum absolute atomic E-state index is 0. The Morgan fingerprint density at radius 1 is 1.20 bits per heavy atom. The molecule has 0 aliphatic heterocycles. The normalized spacial score (nSPS) is 18.2. The number of likely N-dealkylation sites (N-methyl/N-ethyl adjacent to an activating group) is 1. The minimum Gasteiger partial charge on any atom is -0.347 e. The largest absolute Gasteiger partial charge is 0.347 e. The van der Waals surface area contributed by atoms with Crippen molar-refractivity contribution in [1.29, 1.82) is 0 Å². The van der Waals surface area contributed by atoms with E-state index in [2.05, 4.69) is 56.6 Å². The number of hydrogen-bond donors (Lipinski definition) is 0. The van der Waals surface area contributed by atoms with Gasteiger partial charge in [0.15, 0.2) is 0 Å². The zero-order valence-corrected chi connectivity index (χ0v) is 14.0. The van der Waals surface area contributed by atoms with Crippen LogP contribution in [0.25, 0.3) is 10.9 Å². The van der Waals surface area contributed by atoms with E-state index < -0.39 is 0 Å². The molecule has 0 amide bonds. The molecule has 0 N–H and O–H groups in total. The highest BCUT2D eigenvalue weighted by atomic mass is 35.5. The highest BCUT2D eigenvalue weighted by molar-refractivity contribution is 5.89. The molecule has 1 aromatic heterocycles. The average molecular weight is 293 g/mol. The Kier molecular flexibility index (Phi) is 4.17. The van der Waals surface area contributed by atoms with Crippen LogP contribution in [0.2, 0.25) is 0 Å². The topological polar surface area (TPSA) is 8.17 Å². The number of benzene rings is 1. The first-order valence-corrected chi connectivity index (χ1v) is 7.23. The molecular weight excluding hydrogens is 268 g/mol. The maximum Gasteiger partial charge on any atom is 0.0488 e. The first kappa shape index (κ1) is 15.4. The Bertz CT molecular complexity index is 640. The molecule has 0 radical (unpaired) electrons. The summed E-state index contributed by atoms with van der Waals surface area (Å²) in [6.45, 7) is 4.45. The fourth-order valence-electron chi connectivity index (χ4n) is 3.71. The van der Waals surface area contributed by atoms with Crippen LogP contribution in [0.15, 0.2) is 12.1 Å². The number of rotatable bonds is 1. The molecule has 20 heavy (non-hydrogen) atoms. The lowest BCUT2D eigenvalue weighted by Gasteiger charge is -2.29. The fraction of sp³-hybridized carbons (Fsp3) is 0.529. The van der Waals surface area contributed by atoms with Crippen LogP contribution in [0.1, 0.15) is 28.8 Å². The number of aromatic nitrogens is 1. The van der Waals surface area contributed by atoms with Gasteiger partial charge in [-0.1, -0.05) is 6.07 Å². The first-order chi connectivity index (χ1) is 8.99. The molecular formula is C17H25ClN2. The van der Waals surface area contributed by atoms with Crippen LogP contribution >= 0.6 is 12.4 Å². The molecule has 1 aliphatic carbocycles. The van der Waals surface area contributed by atoms with Crippen molar-refractivity contribution in [2.45, 2.75) is 39.2 Å². The molecule has 3 heteroatoms. The summed E-state index contributed by atoms with van der Waals surface area (Å²) in [6.07, 6.45) is 3.69. The van der Waals surface area contributed by atoms with Crippen LogP contribution in [0.3, 0.4) is 0 Å². The molecule has 2 aromatic rings. The maximum atomic E-state index is 2.43. The molecule has 0 fully saturated rings. The Morgan fingerprint density at radius 2 is 1.90 bits per heavy atom. The van der Waals surface area contributed by atoms with Crippen molar-refractivity contribution in [3.05, 3.63) is 34.5 Å². The van der Waals surface area contributed by atoms with Crippen LogP contribution < -0.4 is 0 Å². The smallest absolute Gasteiger partial charge is 0.0488 e. The first-order valence-electron chi connectivity index (χ1n) is 7.23. The van der Waals surface area contributed by atoms with Crippen LogP contribution in [-0.2, 0) is 19.9 Å². The van der Waals surface area contributed by atoms with E-state index in [1.807, 2.05) is 0 Å². The Labute approximate surface area is 128 Å². The van der Waals surface area contributed by atoms with Crippen molar-refractivity contribution in [3.8, 4) is 0 Å². The van der Waals surface area contributed by atoms with Gasteiger partial charge in [0.1, 0.15) is 0 Å². The Morgan fingerprint density at radius 3 is 2.55 bits per heavy atom. The zero-order chi connectivity index (χ0) is 13.7. The van der Waals surface area contributed by atoms with Crippen molar-refractivity contribution in [3.63, 3.8) is 0 Å². The van der Waals surface area contributed by atoms with Crippen molar-refractivity contribution < 1.29 is 0 Å². The molecule has 1 heterocycles. The van der Waals surface area contributed by atoms with Gasteiger partial charge in [-0.05, 0) is 70.0 Å². The van der Waals surface area contributed by atoms with Crippen molar-refractivity contribution >= 4 is 23.3 Å². The third-order valence-corrected chi connectivity index (χ3v) is 4.76. The number of hydrogen-bond acceptors (Lipinski definition) is 1.